The van der Waals surface area contributed by atoms with E-state index in [-0.39, 0.29) is 6.07 Å². The molecule has 0 fully saturated rings. The number of halogens is 12. The first-order valence-electron chi connectivity index (χ1n) is 13.5. The molecular weight excluding hydrogens is 748 g/mol. The maximum Gasteiger partial charge on any atom is 0.438 e. The lowest BCUT2D eigenvalue weighted by Crippen LogP contribution is -2.34. The lowest BCUT2D eigenvalue weighted by Gasteiger charge is -2.06. The largest absolute Gasteiger partial charge is 0.438 e. The highest BCUT2D eigenvalue weighted by Gasteiger charge is 2.38. The maximum absolute atomic E-state index is 14.5. The monoisotopic (exact) mass is 750 g/mol. The van der Waals surface area contributed by atoms with Crippen LogP contribution in [-0.4, -0.2) is 29.9 Å². The molecule has 3 aromatic heterocycles. The average Bonchev–Trinajstić information content (AvgIpc) is 3.82. The minimum Gasteiger partial charge on any atom is -0.430 e. The lowest BCUT2D eigenvalue weighted by atomic mass is 10.2. The normalized spacial score (nSPS) is 15.4. The first kappa shape index (κ1) is 34.3. The van der Waals surface area contributed by atoms with Gasteiger partial charge in [0.1, 0.15) is 29.1 Å². The molecule has 53 heavy (non-hydrogen) atoms. The number of aromatic nitrogens is 6. The van der Waals surface area contributed by atoms with Crippen LogP contribution in [0.1, 0.15) is 22.9 Å². The Bertz CT molecular complexity index is 2730. The number of nitriles is 2. The zero-order valence-electron chi connectivity index (χ0n) is 24.5. The Kier molecular flexibility index (Phi) is 7.56. The minimum absolute atomic E-state index is 0.272. The van der Waals surface area contributed by atoms with Crippen LogP contribution in [0.15, 0.2) is 48.2 Å². The molecule has 2 aliphatic heterocycles. The van der Waals surface area contributed by atoms with E-state index in [0.29, 0.717) is 6.07 Å². The second-order valence-electron chi connectivity index (χ2n) is 10.2. The number of hydrogen-bond donors (Lipinski definition) is 0. The van der Waals surface area contributed by atoms with Gasteiger partial charge in [0.2, 0.25) is 40.1 Å². The van der Waals surface area contributed by atoms with E-state index in [2.05, 4.69) is 49.9 Å². The van der Waals surface area contributed by atoms with E-state index < -0.39 is 138 Å². The molecule has 0 atom stereocenters. The summed E-state index contributed by atoms with van der Waals surface area (Å²) in [6, 6.07) is 3.64. The van der Waals surface area contributed by atoms with Gasteiger partial charge in [-0.2, -0.15) is 50.6 Å². The highest BCUT2D eigenvalue weighted by Crippen LogP contribution is 2.33. The molecule has 0 unspecified atom stereocenters. The van der Waals surface area contributed by atoms with Gasteiger partial charge in [-0.1, -0.05) is 0 Å². The summed E-state index contributed by atoms with van der Waals surface area (Å²) in [6.07, 6.45) is -10.5. The maximum atomic E-state index is 14.5. The quantitative estimate of drug-likeness (QED) is 0.115. The van der Waals surface area contributed by atoms with E-state index in [0.717, 1.165) is 0 Å². The molecule has 0 saturated carbocycles. The van der Waals surface area contributed by atoms with Crippen molar-refractivity contribution in [3.63, 3.8) is 0 Å². The number of benzene rings is 2. The van der Waals surface area contributed by atoms with Crippen molar-refractivity contribution in [1.82, 2.24) is 29.9 Å². The Labute approximate surface area is 279 Å². The van der Waals surface area contributed by atoms with Crippen molar-refractivity contribution in [2.24, 2.45) is 20.0 Å². The van der Waals surface area contributed by atoms with Gasteiger partial charge >= 0.3 is 12.4 Å². The molecule has 0 spiro atoms. The number of rotatable bonds is 3. The van der Waals surface area contributed by atoms with Gasteiger partial charge in [0.25, 0.3) is 5.89 Å². The van der Waals surface area contributed by atoms with Crippen molar-refractivity contribution in [2.75, 3.05) is 0 Å². The van der Waals surface area contributed by atoms with Gasteiger partial charge < -0.3 is 4.42 Å². The van der Waals surface area contributed by atoms with Crippen LogP contribution < -0.4 is 21.7 Å². The molecule has 13 nitrogen and oxygen atoms in total. The van der Waals surface area contributed by atoms with Crippen molar-refractivity contribution in [3.8, 4) is 23.9 Å². The average molecular weight is 750 g/mol. The third kappa shape index (κ3) is 5.63. The van der Waals surface area contributed by atoms with E-state index in [4.69, 9.17) is 4.42 Å². The van der Waals surface area contributed by atoms with Gasteiger partial charge in [-0.15, -0.1) is 0 Å². The number of nitrogens with zero attached hydrogens (tertiary/aromatic N) is 12. The highest BCUT2D eigenvalue weighted by molar-refractivity contribution is 5.81. The fourth-order valence-electron chi connectivity index (χ4n) is 4.58. The van der Waals surface area contributed by atoms with Crippen LogP contribution in [-0.2, 0) is 12.4 Å². The number of alkyl halides is 6. The SMILES string of the molecule is N#C/C(=C1\N=c2cc(F)c(C(F)(F)F)cc2=N1)c1nc(/C(C#N)=C2/N=c3nc(F)c(C(F)(F)F)nc3=N2)nc(-c2nc3c(F)c(F)c(F)c(F)c3o2)n1. The van der Waals surface area contributed by atoms with Crippen LogP contribution in [0.3, 0.4) is 0 Å². The summed E-state index contributed by atoms with van der Waals surface area (Å²) in [7, 11) is 0. The molecule has 2 aromatic carbocycles. The van der Waals surface area contributed by atoms with Crippen LogP contribution >= 0.6 is 0 Å². The zero-order valence-corrected chi connectivity index (χ0v) is 24.5. The standard InChI is InChI=1S/C28H2F12N12O/c29-8-2-10-9(1-7(8)27(35,36)37)43-19(44-10)5(3-41)20-48-21(6(4-42)22-49-23-24(50-22)47-18(34)17(46-23)28(38,39)40)52-25(51-20)26-45-15-13(32)11(30)12(31)14(33)16(15)53-26/h1-2H/b19-5+,22-6+. The number of fused-ring (bicyclic) bond motifs is 3. The summed E-state index contributed by atoms with van der Waals surface area (Å²) < 4.78 is 170. The summed E-state index contributed by atoms with van der Waals surface area (Å²) in [5.41, 5.74) is -9.97. The molecule has 7 rings (SSSR count). The van der Waals surface area contributed by atoms with Crippen molar-refractivity contribution in [3.05, 3.63) is 103 Å². The predicted molar refractivity (Wildman–Crippen MR) is 141 cm³/mol. The molecular formula is C28H2F12N12O. The summed E-state index contributed by atoms with van der Waals surface area (Å²) in [5, 5.41) is 19.0. The smallest absolute Gasteiger partial charge is 0.430 e. The molecule has 0 radical (unpaired) electrons. The van der Waals surface area contributed by atoms with E-state index in [1.54, 1.807) is 0 Å². The summed E-state index contributed by atoms with van der Waals surface area (Å²) in [6.45, 7) is 0. The van der Waals surface area contributed by atoms with Gasteiger partial charge in [0, 0.05) is 6.07 Å². The first-order chi connectivity index (χ1) is 24.9. The molecule has 0 aliphatic carbocycles. The van der Waals surface area contributed by atoms with Gasteiger partial charge in [0.15, 0.2) is 46.0 Å². The van der Waals surface area contributed by atoms with Gasteiger partial charge in [-0.25, -0.2) is 62.5 Å². The summed E-state index contributed by atoms with van der Waals surface area (Å²) >= 11 is 0. The number of allylic oxidation sites excluding steroid dienone is 2. The third-order valence-corrected chi connectivity index (χ3v) is 6.89. The lowest BCUT2D eigenvalue weighted by molar-refractivity contribution is -0.144. The van der Waals surface area contributed by atoms with E-state index in [1.807, 2.05) is 0 Å². The minimum atomic E-state index is -5.34. The van der Waals surface area contributed by atoms with Crippen LogP contribution in [0.2, 0.25) is 0 Å². The summed E-state index contributed by atoms with van der Waals surface area (Å²) in [4.78, 5) is 35.9. The van der Waals surface area contributed by atoms with Crippen molar-refractivity contribution < 1.29 is 57.1 Å². The summed E-state index contributed by atoms with van der Waals surface area (Å²) in [5.74, 6) is -18.1. The Morgan fingerprint density at radius 3 is 1.72 bits per heavy atom. The van der Waals surface area contributed by atoms with Crippen LogP contribution in [0, 0.1) is 57.7 Å². The van der Waals surface area contributed by atoms with E-state index in [9.17, 15) is 63.2 Å². The van der Waals surface area contributed by atoms with Crippen molar-refractivity contribution in [2.45, 2.75) is 12.4 Å². The predicted octanol–water partition coefficient (Wildman–Crippen LogP) is 3.63. The van der Waals surface area contributed by atoms with Crippen molar-refractivity contribution >= 4 is 22.2 Å². The fraction of sp³-hybridized carbons (Fsp3) is 0.0714. The van der Waals surface area contributed by atoms with E-state index >= 15 is 0 Å². The Hall–Kier alpha value is -7.18. The van der Waals surface area contributed by atoms with Gasteiger partial charge in [-0.05, 0) is 6.07 Å². The molecule has 5 heterocycles. The Morgan fingerprint density at radius 2 is 1.15 bits per heavy atom. The molecule has 0 amide bonds. The third-order valence-electron chi connectivity index (χ3n) is 6.89. The number of oxazole rings is 1. The molecule has 0 N–H and O–H groups in total. The molecule has 2 aliphatic rings. The van der Waals surface area contributed by atoms with Crippen molar-refractivity contribution in [1.29, 1.82) is 10.5 Å². The molecule has 5 aromatic rings. The Balaban J connectivity index is 1.49. The fourth-order valence-corrected chi connectivity index (χ4v) is 4.58. The van der Waals surface area contributed by atoms with Gasteiger partial charge in [-0.3, -0.25) is 0 Å². The highest BCUT2D eigenvalue weighted by atomic mass is 19.4. The molecule has 0 bridgehead atoms. The molecule has 264 valence electrons. The second-order valence-corrected chi connectivity index (χ2v) is 10.2. The molecule has 0 saturated heterocycles. The first-order valence-corrected chi connectivity index (χ1v) is 13.5. The molecule has 25 heteroatoms. The Morgan fingerprint density at radius 1 is 0.604 bits per heavy atom. The zero-order chi connectivity index (χ0) is 38.3. The second kappa shape index (κ2) is 11.7. The topological polar surface area (TPSA) is 187 Å². The van der Waals surface area contributed by atoms with Crippen LogP contribution in [0.4, 0.5) is 52.7 Å². The van der Waals surface area contributed by atoms with Gasteiger partial charge in [0.05, 0.1) is 16.3 Å². The van der Waals surface area contributed by atoms with Crippen LogP contribution in [0.5, 0.6) is 0 Å². The number of hydrogen-bond acceptors (Lipinski definition) is 13. The van der Waals surface area contributed by atoms with E-state index in [1.165, 1.54) is 12.1 Å². The van der Waals surface area contributed by atoms with Crippen LogP contribution in [0.25, 0.3) is 34.0 Å².